The molecule has 4 N–H and O–H groups in total. The number of aryl methyl sites for hydroxylation is 1. The molecule has 4 aromatic carbocycles. The number of anilines is 4. The van der Waals surface area contributed by atoms with Crippen LogP contribution < -0.4 is 30.7 Å². The third kappa shape index (κ3) is 14.2. The number of aliphatic hydroxyl groups excluding tert-OH is 1. The zero-order valence-corrected chi connectivity index (χ0v) is 51.9. The minimum absolute atomic E-state index is 0.00732. The molecule has 0 saturated carbocycles. The molecule has 0 radical (unpaired) electrons. The first kappa shape index (κ1) is 63.9. The van der Waals surface area contributed by atoms with Gasteiger partial charge in [-0.05, 0) is 113 Å². The molecule has 0 aliphatic carbocycles. The average Bonchev–Trinajstić information content (AvgIpc) is 4.21. The van der Waals surface area contributed by atoms with Crippen LogP contribution in [0.2, 0.25) is 0 Å². The first-order valence-electron chi connectivity index (χ1n) is 30.0. The number of likely N-dealkylation sites (N-methyl/N-ethyl adjacent to an activating group) is 1. The third-order valence-corrected chi connectivity index (χ3v) is 18.6. The van der Waals surface area contributed by atoms with Gasteiger partial charge in [0, 0.05) is 112 Å². The average molecular weight is 1250 g/mol. The van der Waals surface area contributed by atoms with Crippen LogP contribution in [0.15, 0.2) is 96.8 Å². The predicted octanol–water partition coefficient (Wildman–Crippen LogP) is 9.20. The number of β-amino-alcohol motifs (C(OH)–C–C–N with tert-alkyl or cyclic N) is 1. The molecule has 0 bridgehead atoms. The van der Waals surface area contributed by atoms with Gasteiger partial charge in [0.2, 0.25) is 23.7 Å². The number of likely N-dealkylation sites (tertiary alicyclic amines) is 1. The summed E-state index contributed by atoms with van der Waals surface area (Å²) in [4.78, 5) is 96.2. The molecule has 1 unspecified atom stereocenters. The van der Waals surface area contributed by atoms with Crippen LogP contribution in [0, 0.1) is 29.9 Å². The molecule has 18 nitrogen and oxygen atoms in total. The number of aromatic nitrogens is 3. The van der Waals surface area contributed by atoms with Crippen molar-refractivity contribution in [2.24, 2.45) is 11.3 Å². The first-order chi connectivity index (χ1) is 42.2. The topological polar surface area (TPSA) is 200 Å². The SMILES string of the molecule is Cc1ncsc1-c1ccc([C@H](C)NC(=O)[C@@H]2C[C@@H](O)CN2C(=O)[C@@H](NC(=O)C2CCCN(c3cccc(C(=O)N4CCN(c5ncc(-c6cc(NC(=O)c7ccc(F)cc7C(F)(F)F)c(N7C[C@@H](C)N(C)[C@@H](C)C7)cc6F)cn5)CC4)c3)C2)C(C)(C)C)cc1. The van der Waals surface area contributed by atoms with E-state index in [9.17, 15) is 46.6 Å². The number of amides is 5. The van der Waals surface area contributed by atoms with Gasteiger partial charge in [-0.3, -0.25) is 28.9 Å². The second-order valence-electron chi connectivity index (χ2n) is 25.0. The van der Waals surface area contributed by atoms with Crippen LogP contribution >= 0.6 is 11.3 Å². The number of piperazine rings is 2. The molecule has 4 aliphatic heterocycles. The summed E-state index contributed by atoms with van der Waals surface area (Å²) in [6.07, 6.45) is -1.84. The second kappa shape index (κ2) is 26.2. The number of hydrogen-bond acceptors (Lipinski definition) is 14. The minimum atomic E-state index is -5.04. The first-order valence-corrected chi connectivity index (χ1v) is 30.9. The Morgan fingerprint density at radius 2 is 1.46 bits per heavy atom. The fourth-order valence-corrected chi connectivity index (χ4v) is 13.1. The Hall–Kier alpha value is -8.09. The lowest BCUT2D eigenvalue weighted by Crippen LogP contribution is -2.59. The number of nitrogens with one attached hydrogen (secondary N) is 3. The van der Waals surface area contributed by atoms with Gasteiger partial charge >= 0.3 is 6.18 Å². The Balaban J connectivity index is 0.758. The largest absolute Gasteiger partial charge is 0.417 e. The highest BCUT2D eigenvalue weighted by molar-refractivity contribution is 7.13. The Labute approximate surface area is 518 Å². The van der Waals surface area contributed by atoms with Crippen LogP contribution in [-0.4, -0.2) is 161 Å². The summed E-state index contributed by atoms with van der Waals surface area (Å²) in [7, 11) is 1.96. The predicted molar refractivity (Wildman–Crippen MR) is 332 cm³/mol. The molecule has 0 spiro atoms. The van der Waals surface area contributed by atoms with Crippen molar-refractivity contribution in [2.75, 3.05) is 86.0 Å². The lowest BCUT2D eigenvalue weighted by molar-refractivity contribution is -0.144. The van der Waals surface area contributed by atoms with E-state index < -0.39 is 82.2 Å². The third-order valence-electron chi connectivity index (χ3n) is 17.7. The summed E-state index contributed by atoms with van der Waals surface area (Å²) in [5.41, 5.74) is 3.35. The van der Waals surface area contributed by atoms with Crippen LogP contribution in [0.5, 0.6) is 0 Å². The van der Waals surface area contributed by atoms with Crippen LogP contribution in [-0.2, 0) is 20.6 Å². The number of benzene rings is 4. The lowest BCUT2D eigenvalue weighted by Gasteiger charge is -2.44. The van der Waals surface area contributed by atoms with Gasteiger partial charge in [-0.25, -0.2) is 23.7 Å². The van der Waals surface area contributed by atoms with E-state index in [1.807, 2.05) is 102 Å². The molecular weight excluding hydrogens is 1170 g/mol. The fourth-order valence-electron chi connectivity index (χ4n) is 12.3. The van der Waals surface area contributed by atoms with Gasteiger partial charge in [-0.1, -0.05) is 51.1 Å². The van der Waals surface area contributed by atoms with Crippen LogP contribution in [0.4, 0.5) is 45.0 Å². The van der Waals surface area contributed by atoms with E-state index in [4.69, 9.17) is 0 Å². The van der Waals surface area contributed by atoms with Crippen LogP contribution in [0.3, 0.4) is 0 Å². The number of rotatable bonds is 14. The van der Waals surface area contributed by atoms with E-state index in [-0.39, 0.29) is 65.4 Å². The Kier molecular flexibility index (Phi) is 18.8. The summed E-state index contributed by atoms with van der Waals surface area (Å²) in [6.45, 7) is 16.5. The van der Waals surface area contributed by atoms with Gasteiger partial charge in [-0.15, -0.1) is 11.3 Å². The summed E-state index contributed by atoms with van der Waals surface area (Å²) in [6, 6.07) is 17.2. The molecule has 5 amide bonds. The molecule has 4 saturated heterocycles. The number of nitrogens with zero attached hydrogens (tertiary/aromatic N) is 9. The van der Waals surface area contributed by atoms with Crippen LogP contribution in [0.25, 0.3) is 21.6 Å². The molecule has 89 heavy (non-hydrogen) atoms. The number of aliphatic hydroxyl groups is 1. The molecule has 24 heteroatoms. The van der Waals surface area contributed by atoms with Gasteiger partial charge in [0.1, 0.15) is 23.7 Å². The van der Waals surface area contributed by atoms with Gasteiger partial charge in [-0.2, -0.15) is 13.2 Å². The Morgan fingerprint density at radius 1 is 0.764 bits per heavy atom. The highest BCUT2D eigenvalue weighted by atomic mass is 32.1. The van der Waals surface area contributed by atoms with E-state index in [0.29, 0.717) is 76.7 Å². The number of carbonyl (C=O) groups is 5. The highest BCUT2D eigenvalue weighted by Crippen LogP contribution is 2.39. The van der Waals surface area contributed by atoms with Crippen LogP contribution in [0.1, 0.15) is 104 Å². The van der Waals surface area contributed by atoms with Crippen molar-refractivity contribution in [3.63, 3.8) is 0 Å². The van der Waals surface area contributed by atoms with Crippen molar-refractivity contribution in [3.8, 4) is 21.6 Å². The van der Waals surface area contributed by atoms with Gasteiger partial charge in [0.15, 0.2) is 0 Å². The highest BCUT2D eigenvalue weighted by Gasteiger charge is 2.46. The zero-order valence-electron chi connectivity index (χ0n) is 51.1. The molecule has 6 heterocycles. The summed E-state index contributed by atoms with van der Waals surface area (Å²) >= 11 is 1.56. The molecule has 2 aromatic heterocycles. The maximum atomic E-state index is 16.3. The quantitative estimate of drug-likeness (QED) is 0.0754. The number of halogens is 5. The van der Waals surface area contributed by atoms with E-state index in [2.05, 4.69) is 40.7 Å². The molecule has 7 atom stereocenters. The fraction of sp³-hybridized carbons (Fsp3) is 0.446. The van der Waals surface area contributed by atoms with Crippen molar-refractivity contribution in [1.29, 1.82) is 0 Å². The summed E-state index contributed by atoms with van der Waals surface area (Å²) < 4.78 is 72.6. The van der Waals surface area contributed by atoms with Crippen molar-refractivity contribution in [1.82, 2.24) is 40.3 Å². The minimum Gasteiger partial charge on any atom is -0.391 e. The lowest BCUT2D eigenvalue weighted by atomic mass is 9.84. The smallest absolute Gasteiger partial charge is 0.391 e. The van der Waals surface area contributed by atoms with E-state index in [0.717, 1.165) is 39.5 Å². The number of alkyl halides is 3. The van der Waals surface area contributed by atoms with Crippen molar-refractivity contribution in [3.05, 3.63) is 136 Å². The number of hydrogen-bond donors (Lipinski definition) is 4. The normalized spacial score (nSPS) is 20.9. The van der Waals surface area contributed by atoms with E-state index >= 15 is 4.39 Å². The van der Waals surface area contributed by atoms with Gasteiger partial charge in [0.25, 0.3) is 11.8 Å². The maximum absolute atomic E-state index is 16.3. The van der Waals surface area contributed by atoms with E-state index in [1.54, 1.807) is 33.9 Å². The van der Waals surface area contributed by atoms with E-state index in [1.165, 1.54) is 29.4 Å². The molecule has 472 valence electrons. The van der Waals surface area contributed by atoms with Crippen molar-refractivity contribution >= 4 is 63.9 Å². The molecule has 6 aromatic rings. The summed E-state index contributed by atoms with van der Waals surface area (Å²) in [5.74, 6) is -4.53. The standard InChI is InChI=1S/C65H75F5N12O6S/c1-37-32-81(33-38(2)77(37)8)54-29-52(67)50(28-53(54)75-59(85)49-19-18-46(66)26-51(49)65(68,69)70)45-30-71-63(72-31-45)79-23-21-78(22-24-79)61(87)43-11-9-13-47(25-43)80-20-10-12-44(34-80)58(84)76-57(64(5,6)7)62(88)82-35-48(83)27-55(82)60(86)74-39(3)41-14-16-42(17-15-41)56-40(4)73-36-89-56/h9,11,13-19,25-26,28-31,36-39,44,48,55,57,83H,10,12,20-24,27,32-35H2,1-8H3,(H,74,86)(H,75,85)(H,76,84)/t37-,38+,39-,44?,48+,55-,57+/m0/s1. The number of carbonyl (C=O) groups excluding carboxylic acids is 5. The van der Waals surface area contributed by atoms with Crippen molar-refractivity contribution < 1.29 is 51.0 Å². The van der Waals surface area contributed by atoms with Crippen molar-refractivity contribution in [2.45, 2.75) is 110 Å². The maximum Gasteiger partial charge on any atom is 0.417 e. The number of piperidine rings is 1. The summed E-state index contributed by atoms with van der Waals surface area (Å²) in [5, 5.41) is 19.5. The Morgan fingerprint density at radius 3 is 2.11 bits per heavy atom. The molecule has 10 rings (SSSR count). The zero-order chi connectivity index (χ0) is 63.8. The van der Waals surface area contributed by atoms with Gasteiger partial charge < -0.3 is 45.6 Å². The number of thiazole rings is 1. The Bertz CT molecular complexity index is 3580. The second-order valence-corrected chi connectivity index (χ2v) is 25.8. The molecule has 4 fully saturated rings. The molecular formula is C65H75F5N12O6S. The monoisotopic (exact) mass is 1250 g/mol. The van der Waals surface area contributed by atoms with Gasteiger partial charge in [0.05, 0.1) is 56.6 Å². The molecule has 4 aliphatic rings.